The predicted molar refractivity (Wildman–Crippen MR) is 42.0 cm³/mol. The molecular formula is C5H8Br2O2. The van der Waals surface area contributed by atoms with E-state index < -0.39 is 5.79 Å². The fraction of sp³-hybridized carbons (Fsp3) is 1.00. The lowest BCUT2D eigenvalue weighted by Crippen LogP contribution is -2.32. The third-order valence-electron chi connectivity index (χ3n) is 1.26. The Balaban J connectivity index is 2.51. The van der Waals surface area contributed by atoms with Crippen molar-refractivity contribution in [1.82, 2.24) is 0 Å². The quantitative estimate of drug-likeness (QED) is 0.670. The minimum absolute atomic E-state index is 0.0694. The van der Waals surface area contributed by atoms with Crippen LogP contribution in [0.25, 0.3) is 0 Å². The van der Waals surface area contributed by atoms with Gasteiger partial charge in [0.05, 0.1) is 13.2 Å². The standard InChI is InChI=1S/C5H8Br2O2/c1-5(4(6)7)8-2-3-9-5/h4H,2-3H2,1H3. The Hall–Kier alpha value is 0.880. The molecule has 0 radical (unpaired) electrons. The van der Waals surface area contributed by atoms with Crippen molar-refractivity contribution < 1.29 is 9.47 Å². The Bertz CT molecular complexity index is 99.1. The first-order chi connectivity index (χ1) is 4.15. The monoisotopic (exact) mass is 258 g/mol. The van der Waals surface area contributed by atoms with Crippen LogP contribution >= 0.6 is 31.9 Å². The van der Waals surface area contributed by atoms with Crippen LogP contribution in [0.5, 0.6) is 0 Å². The molecule has 1 aliphatic heterocycles. The molecule has 0 aromatic heterocycles. The summed E-state index contributed by atoms with van der Waals surface area (Å²) in [6.07, 6.45) is 0. The maximum absolute atomic E-state index is 5.29. The summed E-state index contributed by atoms with van der Waals surface area (Å²) in [6, 6.07) is 0. The van der Waals surface area contributed by atoms with Gasteiger partial charge in [0.15, 0.2) is 5.79 Å². The van der Waals surface area contributed by atoms with Crippen molar-refractivity contribution in [1.29, 1.82) is 0 Å². The van der Waals surface area contributed by atoms with Crippen LogP contribution in [0.4, 0.5) is 0 Å². The van der Waals surface area contributed by atoms with E-state index in [1.165, 1.54) is 0 Å². The SMILES string of the molecule is CC1(C(Br)Br)OCCO1. The zero-order valence-electron chi connectivity index (χ0n) is 5.06. The molecule has 0 unspecified atom stereocenters. The topological polar surface area (TPSA) is 18.5 Å². The minimum Gasteiger partial charge on any atom is -0.346 e. The van der Waals surface area contributed by atoms with Crippen LogP contribution in [-0.4, -0.2) is 22.7 Å². The fourth-order valence-corrected chi connectivity index (χ4v) is 1.18. The van der Waals surface area contributed by atoms with Crippen LogP contribution in [0.15, 0.2) is 0 Å². The van der Waals surface area contributed by atoms with E-state index in [2.05, 4.69) is 31.9 Å². The Labute approximate surface area is 71.2 Å². The normalized spacial score (nSPS) is 25.3. The van der Waals surface area contributed by atoms with Gasteiger partial charge in [0.2, 0.25) is 0 Å². The second kappa shape index (κ2) is 2.86. The number of hydrogen-bond acceptors (Lipinski definition) is 2. The van der Waals surface area contributed by atoms with E-state index in [0.29, 0.717) is 13.2 Å². The van der Waals surface area contributed by atoms with E-state index in [4.69, 9.17) is 9.47 Å². The summed E-state index contributed by atoms with van der Waals surface area (Å²) in [5, 5.41) is 0. The molecule has 1 heterocycles. The Morgan fingerprint density at radius 1 is 1.33 bits per heavy atom. The van der Waals surface area contributed by atoms with Crippen molar-refractivity contribution in [3.8, 4) is 0 Å². The number of halogens is 2. The van der Waals surface area contributed by atoms with Crippen molar-refractivity contribution in [2.75, 3.05) is 13.2 Å². The summed E-state index contributed by atoms with van der Waals surface area (Å²) >= 11 is 6.65. The molecule has 0 aromatic carbocycles. The summed E-state index contributed by atoms with van der Waals surface area (Å²) < 4.78 is 10.6. The van der Waals surface area contributed by atoms with Crippen LogP contribution in [0.2, 0.25) is 0 Å². The molecule has 0 aliphatic carbocycles. The smallest absolute Gasteiger partial charge is 0.188 e. The van der Waals surface area contributed by atoms with Gasteiger partial charge in [-0.15, -0.1) is 0 Å². The molecule has 0 amide bonds. The molecule has 0 aromatic rings. The van der Waals surface area contributed by atoms with Gasteiger partial charge in [-0.05, 0) is 6.92 Å². The molecule has 54 valence electrons. The summed E-state index contributed by atoms with van der Waals surface area (Å²) in [5.74, 6) is -0.472. The van der Waals surface area contributed by atoms with Gasteiger partial charge < -0.3 is 9.47 Å². The third-order valence-corrected chi connectivity index (χ3v) is 2.92. The zero-order chi connectivity index (χ0) is 6.91. The van der Waals surface area contributed by atoms with Crippen molar-refractivity contribution in [3.63, 3.8) is 0 Å². The lowest BCUT2D eigenvalue weighted by molar-refractivity contribution is -0.125. The van der Waals surface area contributed by atoms with Gasteiger partial charge in [0, 0.05) is 0 Å². The zero-order valence-corrected chi connectivity index (χ0v) is 8.24. The Morgan fingerprint density at radius 2 is 1.78 bits per heavy atom. The van der Waals surface area contributed by atoms with Crippen molar-refractivity contribution >= 4 is 31.9 Å². The van der Waals surface area contributed by atoms with Crippen molar-refractivity contribution in [2.45, 2.75) is 16.4 Å². The molecule has 0 spiro atoms. The van der Waals surface area contributed by atoms with Gasteiger partial charge in [-0.3, -0.25) is 0 Å². The second-order valence-corrected chi connectivity index (χ2v) is 5.07. The highest BCUT2D eigenvalue weighted by atomic mass is 79.9. The first kappa shape index (κ1) is 7.98. The summed E-state index contributed by atoms with van der Waals surface area (Å²) in [4.78, 5) is 0. The van der Waals surface area contributed by atoms with Gasteiger partial charge in [-0.2, -0.15) is 0 Å². The van der Waals surface area contributed by atoms with Crippen molar-refractivity contribution in [3.05, 3.63) is 0 Å². The highest BCUT2D eigenvalue weighted by Gasteiger charge is 2.36. The average molecular weight is 260 g/mol. The molecule has 1 fully saturated rings. The lowest BCUT2D eigenvalue weighted by Gasteiger charge is -2.23. The lowest BCUT2D eigenvalue weighted by atomic mass is 10.4. The largest absolute Gasteiger partial charge is 0.346 e. The Morgan fingerprint density at radius 3 is 2.00 bits per heavy atom. The first-order valence-electron chi connectivity index (χ1n) is 2.71. The molecule has 1 saturated heterocycles. The second-order valence-electron chi connectivity index (χ2n) is 2.01. The molecule has 4 heteroatoms. The summed E-state index contributed by atoms with van der Waals surface area (Å²) in [5.41, 5.74) is 0. The molecule has 0 saturated carbocycles. The van der Waals surface area contributed by atoms with Gasteiger partial charge in [-0.1, -0.05) is 31.9 Å². The molecular weight excluding hydrogens is 252 g/mol. The van der Waals surface area contributed by atoms with E-state index in [1.807, 2.05) is 6.92 Å². The van der Waals surface area contributed by atoms with E-state index in [1.54, 1.807) is 0 Å². The summed E-state index contributed by atoms with van der Waals surface area (Å²) in [6.45, 7) is 3.27. The molecule has 0 atom stereocenters. The molecule has 1 rings (SSSR count). The van der Waals surface area contributed by atoms with Crippen molar-refractivity contribution in [2.24, 2.45) is 0 Å². The molecule has 2 nitrogen and oxygen atoms in total. The Kier molecular flexibility index (Phi) is 2.54. The van der Waals surface area contributed by atoms with Gasteiger partial charge >= 0.3 is 0 Å². The molecule has 1 aliphatic rings. The fourth-order valence-electron chi connectivity index (χ4n) is 0.656. The molecule has 0 bridgehead atoms. The number of hydrogen-bond donors (Lipinski definition) is 0. The van der Waals surface area contributed by atoms with E-state index >= 15 is 0 Å². The maximum atomic E-state index is 5.29. The molecule has 0 N–H and O–H groups in total. The van der Waals surface area contributed by atoms with E-state index in [9.17, 15) is 0 Å². The van der Waals surface area contributed by atoms with Gasteiger partial charge in [-0.25, -0.2) is 0 Å². The third kappa shape index (κ3) is 1.67. The average Bonchev–Trinajstić information content (AvgIpc) is 2.16. The maximum Gasteiger partial charge on any atom is 0.188 e. The minimum atomic E-state index is -0.472. The van der Waals surface area contributed by atoms with Crippen LogP contribution in [0, 0.1) is 0 Å². The first-order valence-corrected chi connectivity index (χ1v) is 4.54. The van der Waals surface area contributed by atoms with Crippen LogP contribution in [0.3, 0.4) is 0 Å². The van der Waals surface area contributed by atoms with Gasteiger partial charge in [0.1, 0.15) is 3.74 Å². The van der Waals surface area contributed by atoms with Crippen LogP contribution in [0.1, 0.15) is 6.92 Å². The predicted octanol–water partition coefficient (Wildman–Crippen LogP) is 1.87. The van der Waals surface area contributed by atoms with E-state index in [0.717, 1.165) is 0 Å². The van der Waals surface area contributed by atoms with Gasteiger partial charge in [0.25, 0.3) is 0 Å². The highest BCUT2D eigenvalue weighted by molar-refractivity contribution is 9.24. The number of ether oxygens (including phenoxy) is 2. The van der Waals surface area contributed by atoms with E-state index in [-0.39, 0.29) is 3.74 Å². The number of rotatable bonds is 1. The highest BCUT2D eigenvalue weighted by Crippen LogP contribution is 2.31. The number of alkyl halides is 2. The summed E-state index contributed by atoms with van der Waals surface area (Å²) in [7, 11) is 0. The van der Waals surface area contributed by atoms with Crippen LogP contribution < -0.4 is 0 Å². The molecule has 9 heavy (non-hydrogen) atoms. The van der Waals surface area contributed by atoms with Crippen LogP contribution in [-0.2, 0) is 9.47 Å².